The van der Waals surface area contributed by atoms with E-state index in [9.17, 15) is 14.4 Å². The van der Waals surface area contributed by atoms with Crippen LogP contribution in [0.3, 0.4) is 0 Å². The Morgan fingerprint density at radius 3 is 2.28 bits per heavy atom. The molecular formula is C17H23ClN4O3. The van der Waals surface area contributed by atoms with Gasteiger partial charge in [0.2, 0.25) is 11.8 Å². The minimum Gasteiger partial charge on any atom is -0.375 e. The minimum absolute atomic E-state index is 0.0241. The minimum atomic E-state index is -0.165. The van der Waals surface area contributed by atoms with Crippen LogP contribution < -0.4 is 5.32 Å². The van der Waals surface area contributed by atoms with Gasteiger partial charge < -0.3 is 20.0 Å². The summed E-state index contributed by atoms with van der Waals surface area (Å²) >= 11 is 6.01. The third-order valence-corrected chi connectivity index (χ3v) is 4.36. The zero-order valence-electron chi connectivity index (χ0n) is 14.7. The summed E-state index contributed by atoms with van der Waals surface area (Å²) in [6.07, 6.45) is 0. The molecule has 1 aliphatic heterocycles. The Morgan fingerprint density at radius 2 is 1.72 bits per heavy atom. The van der Waals surface area contributed by atoms with Gasteiger partial charge in [-0.05, 0) is 18.2 Å². The van der Waals surface area contributed by atoms with Crippen LogP contribution in [-0.4, -0.2) is 79.2 Å². The van der Waals surface area contributed by atoms with Crippen molar-refractivity contribution in [2.45, 2.75) is 6.92 Å². The van der Waals surface area contributed by atoms with Crippen LogP contribution in [0.25, 0.3) is 0 Å². The molecule has 0 aromatic heterocycles. The number of carbonyl (C=O) groups is 3. The number of halogens is 1. The molecule has 136 valence electrons. The molecular weight excluding hydrogens is 344 g/mol. The lowest BCUT2D eigenvalue weighted by Crippen LogP contribution is -2.51. The van der Waals surface area contributed by atoms with Crippen molar-refractivity contribution in [3.63, 3.8) is 0 Å². The number of rotatable bonds is 4. The van der Waals surface area contributed by atoms with Gasteiger partial charge in [0.15, 0.2) is 0 Å². The van der Waals surface area contributed by atoms with Gasteiger partial charge in [-0.15, -0.1) is 0 Å². The number of benzene rings is 1. The summed E-state index contributed by atoms with van der Waals surface area (Å²) in [6.45, 7) is 3.71. The van der Waals surface area contributed by atoms with Crippen molar-refractivity contribution < 1.29 is 14.4 Å². The molecule has 0 bridgehead atoms. The Hall–Kier alpha value is -2.28. The molecule has 2 rings (SSSR count). The fourth-order valence-corrected chi connectivity index (χ4v) is 2.82. The van der Waals surface area contributed by atoms with Crippen LogP contribution in [0.1, 0.15) is 17.3 Å². The van der Waals surface area contributed by atoms with Gasteiger partial charge in [-0.1, -0.05) is 11.6 Å². The fraction of sp³-hybridized carbons (Fsp3) is 0.471. The molecule has 1 fully saturated rings. The van der Waals surface area contributed by atoms with Gasteiger partial charge in [-0.25, -0.2) is 0 Å². The molecule has 1 N–H and O–H groups in total. The number of hydrogen-bond acceptors (Lipinski definition) is 4. The molecule has 1 heterocycles. The second-order valence-electron chi connectivity index (χ2n) is 6.13. The lowest BCUT2D eigenvalue weighted by atomic mass is 10.1. The molecule has 0 atom stereocenters. The summed E-state index contributed by atoms with van der Waals surface area (Å²) in [7, 11) is 3.33. The first-order valence-electron chi connectivity index (χ1n) is 8.08. The number of anilines is 1. The van der Waals surface area contributed by atoms with Crippen LogP contribution in [0.5, 0.6) is 0 Å². The Morgan fingerprint density at radius 1 is 1.12 bits per heavy atom. The predicted molar refractivity (Wildman–Crippen MR) is 96.8 cm³/mol. The SMILES string of the molecule is CC(=O)N1CCN(C(=O)CNc2cc(Cl)ccc2C(=O)N(C)C)CC1. The second kappa shape index (κ2) is 8.20. The highest BCUT2D eigenvalue weighted by molar-refractivity contribution is 6.31. The van der Waals surface area contributed by atoms with E-state index < -0.39 is 0 Å². The van der Waals surface area contributed by atoms with E-state index in [4.69, 9.17) is 11.6 Å². The number of nitrogens with zero attached hydrogens (tertiary/aromatic N) is 3. The number of carbonyl (C=O) groups excluding carboxylic acids is 3. The van der Waals surface area contributed by atoms with Crippen LogP contribution in [-0.2, 0) is 9.59 Å². The molecule has 0 spiro atoms. The maximum atomic E-state index is 12.4. The largest absolute Gasteiger partial charge is 0.375 e. The summed E-state index contributed by atoms with van der Waals surface area (Å²) in [4.78, 5) is 40.9. The molecule has 1 aliphatic rings. The van der Waals surface area contributed by atoms with Crippen molar-refractivity contribution in [3.05, 3.63) is 28.8 Å². The summed E-state index contributed by atoms with van der Waals surface area (Å²) in [5.41, 5.74) is 0.991. The highest BCUT2D eigenvalue weighted by Crippen LogP contribution is 2.22. The van der Waals surface area contributed by atoms with Crippen molar-refractivity contribution in [3.8, 4) is 0 Å². The van der Waals surface area contributed by atoms with Gasteiger partial charge in [0.05, 0.1) is 12.1 Å². The van der Waals surface area contributed by atoms with Gasteiger partial charge >= 0.3 is 0 Å². The lowest BCUT2D eigenvalue weighted by Gasteiger charge is -2.34. The molecule has 0 saturated carbocycles. The van der Waals surface area contributed by atoms with E-state index in [0.29, 0.717) is 42.5 Å². The molecule has 1 aromatic carbocycles. The molecule has 0 unspecified atom stereocenters. The first-order valence-corrected chi connectivity index (χ1v) is 8.45. The van der Waals surface area contributed by atoms with Crippen molar-refractivity contribution in [2.75, 3.05) is 52.1 Å². The van der Waals surface area contributed by atoms with E-state index in [2.05, 4.69) is 5.32 Å². The van der Waals surface area contributed by atoms with E-state index in [1.54, 1.807) is 42.1 Å². The smallest absolute Gasteiger partial charge is 0.255 e. The van der Waals surface area contributed by atoms with Crippen molar-refractivity contribution in [1.29, 1.82) is 0 Å². The number of nitrogens with one attached hydrogen (secondary N) is 1. The van der Waals surface area contributed by atoms with Gasteiger partial charge in [0.1, 0.15) is 0 Å². The van der Waals surface area contributed by atoms with E-state index in [0.717, 1.165) is 0 Å². The van der Waals surface area contributed by atoms with E-state index >= 15 is 0 Å². The third kappa shape index (κ3) is 4.85. The van der Waals surface area contributed by atoms with E-state index in [1.165, 1.54) is 11.8 Å². The van der Waals surface area contributed by atoms with Crippen LogP contribution in [0.4, 0.5) is 5.69 Å². The lowest BCUT2D eigenvalue weighted by molar-refractivity contribution is -0.137. The summed E-state index contributed by atoms with van der Waals surface area (Å²) in [5.74, 6) is -0.218. The highest BCUT2D eigenvalue weighted by Gasteiger charge is 2.22. The molecule has 8 heteroatoms. The van der Waals surface area contributed by atoms with Crippen molar-refractivity contribution in [1.82, 2.24) is 14.7 Å². The molecule has 1 saturated heterocycles. The number of hydrogen-bond donors (Lipinski definition) is 1. The maximum absolute atomic E-state index is 12.4. The fourth-order valence-electron chi connectivity index (χ4n) is 2.64. The molecule has 3 amide bonds. The third-order valence-electron chi connectivity index (χ3n) is 4.13. The Bertz CT molecular complexity index is 670. The molecule has 1 aromatic rings. The van der Waals surface area contributed by atoms with Gasteiger partial charge in [-0.2, -0.15) is 0 Å². The van der Waals surface area contributed by atoms with Crippen LogP contribution in [0, 0.1) is 0 Å². The normalized spacial score (nSPS) is 14.2. The topological polar surface area (TPSA) is 73.0 Å². The molecule has 7 nitrogen and oxygen atoms in total. The van der Waals surface area contributed by atoms with Gasteiger partial charge in [0, 0.05) is 57.9 Å². The average molecular weight is 367 g/mol. The quantitative estimate of drug-likeness (QED) is 0.867. The molecule has 0 aliphatic carbocycles. The Labute approximate surface area is 152 Å². The van der Waals surface area contributed by atoms with E-state index in [1.807, 2.05) is 0 Å². The second-order valence-corrected chi connectivity index (χ2v) is 6.57. The summed E-state index contributed by atoms with van der Waals surface area (Å²) in [6, 6.07) is 4.93. The van der Waals surface area contributed by atoms with Gasteiger partial charge in [0.25, 0.3) is 5.91 Å². The highest BCUT2D eigenvalue weighted by atomic mass is 35.5. The first-order chi connectivity index (χ1) is 11.8. The van der Waals surface area contributed by atoms with Gasteiger partial charge in [-0.3, -0.25) is 14.4 Å². The number of amides is 3. The first kappa shape index (κ1) is 19.1. The average Bonchev–Trinajstić information content (AvgIpc) is 2.59. The van der Waals surface area contributed by atoms with Crippen LogP contribution >= 0.6 is 11.6 Å². The molecule has 0 radical (unpaired) electrons. The Balaban J connectivity index is 1.99. The zero-order valence-corrected chi connectivity index (χ0v) is 15.5. The summed E-state index contributed by atoms with van der Waals surface area (Å²) in [5, 5.41) is 3.50. The Kier molecular flexibility index (Phi) is 6.25. The standard InChI is InChI=1S/C17H23ClN4O3/c1-12(23)21-6-8-22(9-7-21)16(24)11-19-15-10-13(18)4-5-14(15)17(25)20(2)3/h4-5,10,19H,6-9,11H2,1-3H3. The van der Waals surface area contributed by atoms with Crippen molar-refractivity contribution in [2.24, 2.45) is 0 Å². The monoisotopic (exact) mass is 366 g/mol. The van der Waals surface area contributed by atoms with E-state index in [-0.39, 0.29) is 24.3 Å². The predicted octanol–water partition coefficient (Wildman–Crippen LogP) is 1.14. The maximum Gasteiger partial charge on any atom is 0.255 e. The number of piperazine rings is 1. The molecule has 25 heavy (non-hydrogen) atoms. The van der Waals surface area contributed by atoms with Crippen LogP contribution in [0.15, 0.2) is 18.2 Å². The van der Waals surface area contributed by atoms with Crippen molar-refractivity contribution >= 4 is 35.0 Å². The zero-order chi connectivity index (χ0) is 18.6. The van der Waals surface area contributed by atoms with Crippen LogP contribution in [0.2, 0.25) is 5.02 Å². The summed E-state index contributed by atoms with van der Waals surface area (Å²) < 4.78 is 0.